The second kappa shape index (κ2) is 7.06. The summed E-state index contributed by atoms with van der Waals surface area (Å²) in [7, 11) is 1.68. The van der Waals surface area contributed by atoms with E-state index in [1.54, 1.807) is 13.3 Å². The Hall–Kier alpha value is -1.29. The molecule has 0 unspecified atom stereocenters. The third-order valence-electron chi connectivity index (χ3n) is 1.77. The monoisotopic (exact) mass is 211 g/mol. The molecular formula is C11H17NO3. The Labute approximate surface area is 90.2 Å². The molecule has 1 aromatic heterocycles. The van der Waals surface area contributed by atoms with Gasteiger partial charge in [-0.25, -0.2) is 4.98 Å². The maximum Gasteiger partial charge on any atom is 0.256 e. The molecule has 15 heavy (non-hydrogen) atoms. The van der Waals surface area contributed by atoms with Crippen LogP contribution in [0.25, 0.3) is 0 Å². The lowest BCUT2D eigenvalue weighted by Crippen LogP contribution is -2.04. The number of methoxy groups -OCH3 is 1. The van der Waals surface area contributed by atoms with Crippen LogP contribution in [-0.2, 0) is 4.74 Å². The van der Waals surface area contributed by atoms with Crippen molar-refractivity contribution >= 4 is 0 Å². The van der Waals surface area contributed by atoms with Crippen LogP contribution in [0.2, 0.25) is 0 Å². The number of nitrogens with zero attached hydrogens (tertiary/aromatic N) is 1. The zero-order chi connectivity index (χ0) is 10.9. The lowest BCUT2D eigenvalue weighted by molar-refractivity contribution is 0.169. The smallest absolute Gasteiger partial charge is 0.256 e. The van der Waals surface area contributed by atoms with Gasteiger partial charge in [0.2, 0.25) is 0 Å². The van der Waals surface area contributed by atoms with Crippen molar-refractivity contribution in [2.24, 2.45) is 0 Å². The van der Waals surface area contributed by atoms with Gasteiger partial charge in [-0.05, 0) is 19.1 Å². The summed E-state index contributed by atoms with van der Waals surface area (Å²) in [5.74, 6) is 1.24. The minimum Gasteiger partial charge on any atom is -0.488 e. The van der Waals surface area contributed by atoms with Crippen LogP contribution in [0, 0.1) is 0 Å². The molecule has 0 fully saturated rings. The molecule has 0 atom stereocenters. The molecule has 0 saturated carbocycles. The fourth-order valence-corrected chi connectivity index (χ4v) is 1.12. The Morgan fingerprint density at radius 2 is 2.13 bits per heavy atom. The molecule has 0 saturated heterocycles. The molecule has 1 heterocycles. The normalized spacial score (nSPS) is 10.0. The third kappa shape index (κ3) is 4.16. The summed E-state index contributed by atoms with van der Waals surface area (Å²) < 4.78 is 15.8. The van der Waals surface area contributed by atoms with Crippen LogP contribution < -0.4 is 9.47 Å². The Morgan fingerprint density at radius 3 is 2.87 bits per heavy atom. The quantitative estimate of drug-likeness (QED) is 0.646. The molecule has 1 rings (SSSR count). The van der Waals surface area contributed by atoms with Gasteiger partial charge in [-0.2, -0.15) is 0 Å². The lowest BCUT2D eigenvalue weighted by Gasteiger charge is -2.09. The molecule has 4 heteroatoms. The van der Waals surface area contributed by atoms with Crippen LogP contribution in [0.3, 0.4) is 0 Å². The van der Waals surface area contributed by atoms with Crippen LogP contribution in [0.5, 0.6) is 11.6 Å². The van der Waals surface area contributed by atoms with Crippen molar-refractivity contribution < 1.29 is 14.2 Å². The first-order valence-electron chi connectivity index (χ1n) is 5.08. The van der Waals surface area contributed by atoms with Gasteiger partial charge >= 0.3 is 0 Å². The molecule has 0 aliphatic carbocycles. The van der Waals surface area contributed by atoms with Gasteiger partial charge in [-0.1, -0.05) is 0 Å². The maximum absolute atomic E-state index is 5.52. The highest BCUT2D eigenvalue weighted by Gasteiger charge is 2.04. The average Bonchev–Trinajstić information content (AvgIpc) is 2.27. The van der Waals surface area contributed by atoms with Gasteiger partial charge in [0.15, 0.2) is 5.75 Å². The highest BCUT2D eigenvalue weighted by Crippen LogP contribution is 2.23. The summed E-state index contributed by atoms with van der Waals surface area (Å²) >= 11 is 0. The predicted molar refractivity (Wildman–Crippen MR) is 57.4 cm³/mol. The van der Waals surface area contributed by atoms with Crippen molar-refractivity contribution in [2.45, 2.75) is 13.3 Å². The molecule has 1 aromatic rings. The van der Waals surface area contributed by atoms with Crippen molar-refractivity contribution in [1.29, 1.82) is 0 Å². The predicted octanol–water partition coefficient (Wildman–Crippen LogP) is 1.90. The van der Waals surface area contributed by atoms with E-state index in [4.69, 9.17) is 14.2 Å². The largest absolute Gasteiger partial charge is 0.488 e. The fraction of sp³-hybridized carbons (Fsp3) is 0.545. The first-order valence-corrected chi connectivity index (χ1v) is 5.08. The van der Waals surface area contributed by atoms with Crippen LogP contribution in [0.15, 0.2) is 18.3 Å². The van der Waals surface area contributed by atoms with E-state index in [-0.39, 0.29) is 0 Å². The van der Waals surface area contributed by atoms with E-state index in [2.05, 4.69) is 4.98 Å². The molecule has 0 radical (unpaired) electrons. The van der Waals surface area contributed by atoms with Gasteiger partial charge in [0.1, 0.15) is 0 Å². The SMILES string of the molecule is CCOc1ncccc1OCCCOC. The van der Waals surface area contributed by atoms with Gasteiger partial charge in [-0.15, -0.1) is 0 Å². The maximum atomic E-state index is 5.52. The van der Waals surface area contributed by atoms with Crippen molar-refractivity contribution in [3.05, 3.63) is 18.3 Å². The molecule has 0 aliphatic heterocycles. The van der Waals surface area contributed by atoms with Gasteiger partial charge in [0, 0.05) is 26.3 Å². The highest BCUT2D eigenvalue weighted by atomic mass is 16.5. The summed E-state index contributed by atoms with van der Waals surface area (Å²) in [6, 6.07) is 3.68. The van der Waals surface area contributed by atoms with Crippen LogP contribution in [0.1, 0.15) is 13.3 Å². The van der Waals surface area contributed by atoms with E-state index in [1.807, 2.05) is 19.1 Å². The highest BCUT2D eigenvalue weighted by molar-refractivity contribution is 5.32. The van der Waals surface area contributed by atoms with Crippen molar-refractivity contribution in [3.8, 4) is 11.6 Å². The van der Waals surface area contributed by atoms with E-state index in [9.17, 15) is 0 Å². The Bertz CT molecular complexity index is 278. The number of aromatic nitrogens is 1. The standard InChI is InChI=1S/C11H17NO3/c1-3-14-11-10(6-4-7-12-11)15-9-5-8-13-2/h4,6-7H,3,5,8-9H2,1-2H3. The van der Waals surface area contributed by atoms with Crippen LogP contribution in [0.4, 0.5) is 0 Å². The number of ether oxygens (including phenoxy) is 3. The number of rotatable bonds is 7. The topological polar surface area (TPSA) is 40.6 Å². The summed E-state index contributed by atoms with van der Waals surface area (Å²) in [5, 5.41) is 0. The average molecular weight is 211 g/mol. The van der Waals surface area contributed by atoms with E-state index in [1.165, 1.54) is 0 Å². The molecule has 0 bridgehead atoms. The van der Waals surface area contributed by atoms with E-state index >= 15 is 0 Å². The van der Waals surface area contributed by atoms with Crippen LogP contribution >= 0.6 is 0 Å². The van der Waals surface area contributed by atoms with Gasteiger partial charge in [0.25, 0.3) is 5.88 Å². The molecule has 0 aromatic carbocycles. The third-order valence-corrected chi connectivity index (χ3v) is 1.77. The minimum absolute atomic E-state index is 0.553. The van der Waals surface area contributed by atoms with E-state index in [0.717, 1.165) is 6.42 Å². The summed E-state index contributed by atoms with van der Waals surface area (Å²) in [6.45, 7) is 3.82. The molecule has 0 aliphatic rings. The summed E-state index contributed by atoms with van der Waals surface area (Å²) in [5.41, 5.74) is 0. The second-order valence-corrected chi connectivity index (χ2v) is 2.93. The second-order valence-electron chi connectivity index (χ2n) is 2.93. The van der Waals surface area contributed by atoms with Crippen molar-refractivity contribution in [3.63, 3.8) is 0 Å². The van der Waals surface area contributed by atoms with E-state index in [0.29, 0.717) is 31.5 Å². The summed E-state index contributed by atoms with van der Waals surface area (Å²) in [6.07, 6.45) is 2.55. The molecule has 0 N–H and O–H groups in total. The van der Waals surface area contributed by atoms with E-state index < -0.39 is 0 Å². The summed E-state index contributed by atoms with van der Waals surface area (Å²) in [4.78, 5) is 4.09. The fourth-order valence-electron chi connectivity index (χ4n) is 1.12. The Morgan fingerprint density at radius 1 is 1.27 bits per heavy atom. The first-order chi connectivity index (χ1) is 7.38. The van der Waals surface area contributed by atoms with Crippen molar-refractivity contribution in [1.82, 2.24) is 4.98 Å². The zero-order valence-corrected chi connectivity index (χ0v) is 9.23. The molecule has 4 nitrogen and oxygen atoms in total. The number of hydrogen-bond acceptors (Lipinski definition) is 4. The number of hydrogen-bond donors (Lipinski definition) is 0. The number of pyridine rings is 1. The molecular weight excluding hydrogens is 194 g/mol. The molecule has 0 amide bonds. The Kier molecular flexibility index (Phi) is 5.55. The zero-order valence-electron chi connectivity index (χ0n) is 9.23. The van der Waals surface area contributed by atoms with Gasteiger partial charge in [-0.3, -0.25) is 0 Å². The van der Waals surface area contributed by atoms with Gasteiger partial charge < -0.3 is 14.2 Å². The molecule has 0 spiro atoms. The Balaban J connectivity index is 2.44. The minimum atomic E-state index is 0.553. The van der Waals surface area contributed by atoms with Crippen molar-refractivity contribution in [2.75, 3.05) is 26.9 Å². The first kappa shape index (κ1) is 11.8. The van der Waals surface area contributed by atoms with Crippen LogP contribution in [-0.4, -0.2) is 31.9 Å². The lowest BCUT2D eigenvalue weighted by atomic mass is 10.4. The van der Waals surface area contributed by atoms with Gasteiger partial charge in [0.05, 0.1) is 13.2 Å². The molecule has 84 valence electrons.